The number of hydrogen-bond acceptors (Lipinski definition) is 3. The molecule has 4 heteroatoms. The molecule has 0 heterocycles. The molecule has 0 bridgehead atoms. The van der Waals surface area contributed by atoms with Crippen molar-refractivity contribution in [3.8, 4) is 0 Å². The quantitative estimate of drug-likeness (QED) is 0.662. The summed E-state index contributed by atoms with van der Waals surface area (Å²) in [6, 6.07) is 0.618. The van der Waals surface area contributed by atoms with E-state index in [0.29, 0.717) is 19.1 Å². The van der Waals surface area contributed by atoms with E-state index < -0.39 is 11.5 Å². The van der Waals surface area contributed by atoms with Gasteiger partial charge >= 0.3 is 5.97 Å². The van der Waals surface area contributed by atoms with Gasteiger partial charge in [0.2, 0.25) is 0 Å². The lowest BCUT2D eigenvalue weighted by molar-refractivity contribution is -0.145. The van der Waals surface area contributed by atoms with Crippen molar-refractivity contribution in [1.82, 2.24) is 10.2 Å². The van der Waals surface area contributed by atoms with Gasteiger partial charge in [0.25, 0.3) is 0 Å². The lowest BCUT2D eigenvalue weighted by Gasteiger charge is -2.32. The zero-order valence-corrected chi connectivity index (χ0v) is 9.92. The van der Waals surface area contributed by atoms with E-state index in [1.165, 1.54) is 12.8 Å². The minimum atomic E-state index is -0.812. The van der Waals surface area contributed by atoms with E-state index in [9.17, 15) is 9.90 Å². The number of carboxylic acids is 1. The fourth-order valence-electron chi connectivity index (χ4n) is 1.93. The Labute approximate surface area is 91.6 Å². The van der Waals surface area contributed by atoms with E-state index in [1.54, 1.807) is 6.92 Å². The molecule has 0 aliphatic heterocycles. The summed E-state index contributed by atoms with van der Waals surface area (Å²) in [4.78, 5) is 13.5. The molecule has 0 amide bonds. The highest BCUT2D eigenvalue weighted by molar-refractivity contribution is 5.78. The molecule has 0 aromatic heterocycles. The average molecular weight is 214 g/mol. The van der Waals surface area contributed by atoms with Gasteiger partial charge < -0.3 is 10.4 Å². The van der Waals surface area contributed by atoms with Crippen molar-refractivity contribution in [2.24, 2.45) is 0 Å². The smallest absolute Gasteiger partial charge is 0.324 e. The minimum absolute atomic E-state index is 0.595. The van der Waals surface area contributed by atoms with E-state index in [1.807, 2.05) is 6.92 Å². The minimum Gasteiger partial charge on any atom is -0.480 e. The highest BCUT2D eigenvalue weighted by Crippen LogP contribution is 2.27. The van der Waals surface area contributed by atoms with Gasteiger partial charge in [-0.05, 0) is 32.9 Å². The summed E-state index contributed by atoms with van der Waals surface area (Å²) in [7, 11) is 0. The van der Waals surface area contributed by atoms with Crippen LogP contribution in [-0.4, -0.2) is 47.2 Å². The van der Waals surface area contributed by atoms with Gasteiger partial charge in [-0.25, -0.2) is 0 Å². The molecule has 88 valence electrons. The van der Waals surface area contributed by atoms with Crippen molar-refractivity contribution >= 4 is 5.97 Å². The van der Waals surface area contributed by atoms with Crippen molar-refractivity contribution in [1.29, 1.82) is 0 Å². The molecule has 0 radical (unpaired) electrons. The summed E-state index contributed by atoms with van der Waals surface area (Å²) in [5, 5.41) is 12.3. The van der Waals surface area contributed by atoms with Crippen molar-refractivity contribution < 1.29 is 9.90 Å². The molecule has 0 aromatic carbocycles. The summed E-state index contributed by atoms with van der Waals surface area (Å²) in [5.74, 6) is -0.761. The van der Waals surface area contributed by atoms with Crippen LogP contribution >= 0.6 is 0 Å². The van der Waals surface area contributed by atoms with Gasteiger partial charge in [0.1, 0.15) is 5.54 Å². The Hall–Kier alpha value is -0.610. The fraction of sp³-hybridized carbons (Fsp3) is 0.909. The monoisotopic (exact) mass is 214 g/mol. The number of nitrogens with zero attached hydrogens (tertiary/aromatic N) is 1. The normalized spacial score (nSPS) is 20.3. The topological polar surface area (TPSA) is 52.6 Å². The van der Waals surface area contributed by atoms with Gasteiger partial charge in [-0.3, -0.25) is 9.69 Å². The van der Waals surface area contributed by atoms with Gasteiger partial charge in [-0.1, -0.05) is 13.8 Å². The summed E-state index contributed by atoms with van der Waals surface area (Å²) < 4.78 is 0. The number of rotatable bonds is 7. The average Bonchev–Trinajstić information content (AvgIpc) is 2.97. The Morgan fingerprint density at radius 2 is 2.13 bits per heavy atom. The maximum absolute atomic E-state index is 11.2. The molecule has 0 spiro atoms. The highest BCUT2D eigenvalue weighted by atomic mass is 16.4. The van der Waals surface area contributed by atoms with Crippen LogP contribution in [-0.2, 0) is 4.79 Å². The van der Waals surface area contributed by atoms with E-state index in [4.69, 9.17) is 0 Å². The van der Waals surface area contributed by atoms with Crippen LogP contribution in [0.2, 0.25) is 0 Å². The van der Waals surface area contributed by atoms with Crippen molar-refractivity contribution in [2.75, 3.05) is 19.6 Å². The van der Waals surface area contributed by atoms with Crippen LogP contribution in [0.3, 0.4) is 0 Å². The summed E-state index contributed by atoms with van der Waals surface area (Å²) >= 11 is 0. The molecule has 1 fully saturated rings. The maximum Gasteiger partial charge on any atom is 0.324 e. The van der Waals surface area contributed by atoms with Gasteiger partial charge in [0.15, 0.2) is 0 Å². The predicted octanol–water partition coefficient (Wildman–Crippen LogP) is 0.923. The molecule has 0 saturated heterocycles. The fourth-order valence-corrected chi connectivity index (χ4v) is 1.93. The number of carbonyl (C=O) groups is 1. The number of aliphatic carboxylic acids is 1. The van der Waals surface area contributed by atoms with Gasteiger partial charge in [-0.2, -0.15) is 0 Å². The van der Waals surface area contributed by atoms with Crippen LogP contribution in [0.1, 0.15) is 33.6 Å². The molecule has 4 nitrogen and oxygen atoms in total. The van der Waals surface area contributed by atoms with Crippen molar-refractivity contribution in [3.05, 3.63) is 0 Å². The molecule has 1 atom stereocenters. The van der Waals surface area contributed by atoms with E-state index >= 15 is 0 Å². The number of hydrogen-bond donors (Lipinski definition) is 2. The molecule has 1 aliphatic carbocycles. The second-order valence-electron chi connectivity index (χ2n) is 4.46. The lowest BCUT2D eigenvalue weighted by Crippen LogP contribution is -2.57. The van der Waals surface area contributed by atoms with Crippen molar-refractivity contribution in [3.63, 3.8) is 0 Å². The van der Waals surface area contributed by atoms with Crippen LogP contribution in [0.25, 0.3) is 0 Å². The second kappa shape index (κ2) is 4.94. The third-order valence-corrected chi connectivity index (χ3v) is 3.03. The zero-order valence-electron chi connectivity index (χ0n) is 9.92. The standard InChI is InChI=1S/C11H22N2O2/c1-4-12-11(3,10(14)15)8-13(5-2)9-6-7-9/h9,12H,4-8H2,1-3H3,(H,14,15). The van der Waals surface area contributed by atoms with Crippen LogP contribution in [0, 0.1) is 0 Å². The number of nitrogens with one attached hydrogen (secondary N) is 1. The summed E-state index contributed by atoms with van der Waals surface area (Å²) in [5.41, 5.74) is -0.812. The summed E-state index contributed by atoms with van der Waals surface area (Å²) in [6.07, 6.45) is 2.44. The molecular formula is C11H22N2O2. The molecule has 15 heavy (non-hydrogen) atoms. The second-order valence-corrected chi connectivity index (χ2v) is 4.46. The Morgan fingerprint density at radius 3 is 2.47 bits per heavy atom. The third kappa shape index (κ3) is 3.18. The Balaban J connectivity index is 2.59. The zero-order chi connectivity index (χ0) is 11.5. The van der Waals surface area contributed by atoms with E-state index in [0.717, 1.165) is 6.54 Å². The number of likely N-dealkylation sites (N-methyl/N-ethyl adjacent to an activating group) is 2. The van der Waals surface area contributed by atoms with Crippen LogP contribution in [0.15, 0.2) is 0 Å². The third-order valence-electron chi connectivity index (χ3n) is 3.03. The first-order chi connectivity index (χ1) is 7.03. The molecule has 1 aliphatic rings. The SMILES string of the molecule is CCNC(C)(CN(CC)C1CC1)C(=O)O. The van der Waals surface area contributed by atoms with Gasteiger partial charge in [0, 0.05) is 12.6 Å². The van der Waals surface area contributed by atoms with Crippen molar-refractivity contribution in [2.45, 2.75) is 45.2 Å². The maximum atomic E-state index is 11.2. The van der Waals surface area contributed by atoms with E-state index in [2.05, 4.69) is 17.1 Å². The van der Waals surface area contributed by atoms with Crippen LogP contribution in [0.4, 0.5) is 0 Å². The van der Waals surface area contributed by atoms with E-state index in [-0.39, 0.29) is 0 Å². The number of carboxylic acid groups (broad SMARTS) is 1. The Bertz CT molecular complexity index is 229. The Morgan fingerprint density at radius 1 is 1.53 bits per heavy atom. The Kier molecular flexibility index (Phi) is 4.11. The molecule has 0 aromatic rings. The van der Waals surface area contributed by atoms with Gasteiger partial charge in [0.05, 0.1) is 0 Å². The molecule has 2 N–H and O–H groups in total. The predicted molar refractivity (Wildman–Crippen MR) is 60.0 cm³/mol. The summed E-state index contributed by atoms with van der Waals surface area (Å²) in [6.45, 7) is 8.01. The first-order valence-electron chi connectivity index (χ1n) is 5.76. The molecular weight excluding hydrogens is 192 g/mol. The van der Waals surface area contributed by atoms with Gasteiger partial charge in [-0.15, -0.1) is 0 Å². The molecule has 1 saturated carbocycles. The molecule has 1 rings (SSSR count). The van der Waals surface area contributed by atoms with Crippen LogP contribution < -0.4 is 5.32 Å². The first kappa shape index (κ1) is 12.5. The van der Waals surface area contributed by atoms with Crippen LogP contribution in [0.5, 0.6) is 0 Å². The molecule has 1 unspecified atom stereocenters. The highest BCUT2D eigenvalue weighted by Gasteiger charge is 2.38. The largest absolute Gasteiger partial charge is 0.480 e. The first-order valence-corrected chi connectivity index (χ1v) is 5.76. The lowest BCUT2D eigenvalue weighted by atomic mass is 10.0.